The highest BCUT2D eigenvalue weighted by molar-refractivity contribution is 5.21. The first kappa shape index (κ1) is 9.62. The van der Waals surface area contributed by atoms with E-state index in [0.29, 0.717) is 6.04 Å². The summed E-state index contributed by atoms with van der Waals surface area (Å²) in [5.41, 5.74) is 2.63. The predicted octanol–water partition coefficient (Wildman–Crippen LogP) is 0.794. The van der Waals surface area contributed by atoms with Crippen LogP contribution in [0, 0.1) is 6.92 Å². The normalized spacial score (nSPS) is 18.1. The molecule has 0 atom stereocenters. The van der Waals surface area contributed by atoms with Gasteiger partial charge >= 0.3 is 0 Å². The van der Waals surface area contributed by atoms with Crippen LogP contribution < -0.4 is 5.32 Å². The topological polar surface area (TPSA) is 28.2 Å². The SMILES string of the molecule is Cc1ccncc1CNC1CN(C)C1. The van der Waals surface area contributed by atoms with E-state index in [0.717, 1.165) is 6.54 Å². The van der Waals surface area contributed by atoms with Crippen LogP contribution in [0.1, 0.15) is 11.1 Å². The van der Waals surface area contributed by atoms with Crippen LogP contribution in [0.5, 0.6) is 0 Å². The van der Waals surface area contributed by atoms with E-state index < -0.39 is 0 Å². The van der Waals surface area contributed by atoms with Gasteiger partial charge in [-0.05, 0) is 31.2 Å². The number of pyridine rings is 1. The number of nitrogens with zero attached hydrogens (tertiary/aromatic N) is 2. The van der Waals surface area contributed by atoms with Crippen molar-refractivity contribution in [1.82, 2.24) is 15.2 Å². The third-order valence-corrected chi connectivity index (χ3v) is 2.79. The standard InChI is InChI=1S/C11H17N3/c1-9-3-4-12-5-10(9)6-13-11-7-14(2)8-11/h3-5,11,13H,6-8H2,1-2H3. The smallest absolute Gasteiger partial charge is 0.0325 e. The Labute approximate surface area is 85.1 Å². The van der Waals surface area contributed by atoms with Crippen molar-refractivity contribution in [3.63, 3.8) is 0 Å². The molecule has 76 valence electrons. The molecule has 1 aliphatic heterocycles. The maximum Gasteiger partial charge on any atom is 0.0325 e. The van der Waals surface area contributed by atoms with Gasteiger partial charge in [-0.1, -0.05) is 0 Å². The molecule has 1 saturated heterocycles. The van der Waals surface area contributed by atoms with Crippen LogP contribution in [0.4, 0.5) is 0 Å². The first-order valence-electron chi connectivity index (χ1n) is 5.07. The Bertz CT molecular complexity index is 305. The number of rotatable bonds is 3. The Morgan fingerprint density at radius 3 is 3.00 bits per heavy atom. The lowest BCUT2D eigenvalue weighted by Crippen LogP contribution is -2.55. The van der Waals surface area contributed by atoms with Crippen molar-refractivity contribution in [2.24, 2.45) is 0 Å². The number of aryl methyl sites for hydroxylation is 1. The van der Waals surface area contributed by atoms with E-state index >= 15 is 0 Å². The second-order valence-electron chi connectivity index (χ2n) is 4.10. The Hall–Kier alpha value is -0.930. The van der Waals surface area contributed by atoms with Crippen molar-refractivity contribution in [1.29, 1.82) is 0 Å². The molecule has 1 fully saturated rings. The summed E-state index contributed by atoms with van der Waals surface area (Å²) in [5.74, 6) is 0. The van der Waals surface area contributed by atoms with E-state index in [2.05, 4.69) is 35.2 Å². The summed E-state index contributed by atoms with van der Waals surface area (Å²) in [5, 5.41) is 3.52. The number of likely N-dealkylation sites (N-methyl/N-ethyl adjacent to an activating group) is 1. The van der Waals surface area contributed by atoms with Crippen molar-refractivity contribution in [2.45, 2.75) is 19.5 Å². The highest BCUT2D eigenvalue weighted by atomic mass is 15.2. The number of hydrogen-bond donors (Lipinski definition) is 1. The summed E-state index contributed by atoms with van der Waals surface area (Å²) in [6.07, 6.45) is 3.79. The molecule has 0 aromatic carbocycles. The largest absolute Gasteiger partial charge is 0.307 e. The fourth-order valence-corrected chi connectivity index (χ4v) is 1.76. The molecule has 0 spiro atoms. The highest BCUT2D eigenvalue weighted by Crippen LogP contribution is 2.08. The average molecular weight is 191 g/mol. The first-order chi connectivity index (χ1) is 6.75. The van der Waals surface area contributed by atoms with Gasteiger partial charge in [-0.2, -0.15) is 0 Å². The van der Waals surface area contributed by atoms with Crippen LogP contribution in [-0.2, 0) is 6.54 Å². The zero-order valence-electron chi connectivity index (χ0n) is 8.83. The molecule has 2 heterocycles. The molecule has 1 N–H and O–H groups in total. The molecule has 3 nitrogen and oxygen atoms in total. The lowest BCUT2D eigenvalue weighted by Gasteiger charge is -2.36. The molecule has 0 aliphatic carbocycles. The molecule has 0 bridgehead atoms. The summed E-state index contributed by atoms with van der Waals surface area (Å²) in [6.45, 7) is 5.41. The van der Waals surface area contributed by atoms with E-state index in [1.807, 2.05) is 12.4 Å². The van der Waals surface area contributed by atoms with Gasteiger partial charge < -0.3 is 10.2 Å². The van der Waals surface area contributed by atoms with Gasteiger partial charge in [0.05, 0.1) is 0 Å². The lowest BCUT2D eigenvalue weighted by molar-refractivity contribution is 0.161. The Morgan fingerprint density at radius 2 is 2.36 bits per heavy atom. The van der Waals surface area contributed by atoms with Gasteiger partial charge in [-0.15, -0.1) is 0 Å². The summed E-state index contributed by atoms with van der Waals surface area (Å²) in [6, 6.07) is 2.73. The quantitative estimate of drug-likeness (QED) is 0.765. The zero-order valence-corrected chi connectivity index (χ0v) is 8.83. The molecule has 0 unspecified atom stereocenters. The van der Waals surface area contributed by atoms with Crippen molar-refractivity contribution in [3.8, 4) is 0 Å². The maximum absolute atomic E-state index is 4.13. The molecule has 1 aliphatic rings. The van der Waals surface area contributed by atoms with Gasteiger partial charge in [0.1, 0.15) is 0 Å². The minimum absolute atomic E-state index is 0.666. The highest BCUT2D eigenvalue weighted by Gasteiger charge is 2.21. The Kier molecular flexibility index (Phi) is 2.79. The lowest BCUT2D eigenvalue weighted by atomic mass is 10.1. The second-order valence-corrected chi connectivity index (χ2v) is 4.10. The third kappa shape index (κ3) is 2.11. The first-order valence-corrected chi connectivity index (χ1v) is 5.07. The van der Waals surface area contributed by atoms with Gasteiger partial charge in [0.15, 0.2) is 0 Å². The van der Waals surface area contributed by atoms with Crippen LogP contribution in [-0.4, -0.2) is 36.1 Å². The van der Waals surface area contributed by atoms with Gasteiger partial charge in [0, 0.05) is 38.1 Å². The van der Waals surface area contributed by atoms with E-state index in [1.165, 1.54) is 24.2 Å². The molecule has 2 rings (SSSR count). The van der Waals surface area contributed by atoms with Crippen molar-refractivity contribution < 1.29 is 0 Å². The number of nitrogens with one attached hydrogen (secondary N) is 1. The van der Waals surface area contributed by atoms with Gasteiger partial charge in [0.25, 0.3) is 0 Å². The van der Waals surface area contributed by atoms with E-state index in [1.54, 1.807) is 0 Å². The van der Waals surface area contributed by atoms with Crippen LogP contribution in [0.25, 0.3) is 0 Å². The zero-order chi connectivity index (χ0) is 9.97. The minimum Gasteiger partial charge on any atom is -0.307 e. The monoisotopic (exact) mass is 191 g/mol. The predicted molar refractivity (Wildman–Crippen MR) is 57.1 cm³/mol. The molecule has 3 heteroatoms. The fraction of sp³-hybridized carbons (Fsp3) is 0.545. The molecular formula is C11H17N3. The van der Waals surface area contributed by atoms with Crippen molar-refractivity contribution in [2.75, 3.05) is 20.1 Å². The van der Waals surface area contributed by atoms with Crippen LogP contribution in [0.15, 0.2) is 18.5 Å². The van der Waals surface area contributed by atoms with Crippen molar-refractivity contribution in [3.05, 3.63) is 29.6 Å². The molecule has 14 heavy (non-hydrogen) atoms. The van der Waals surface area contributed by atoms with E-state index in [-0.39, 0.29) is 0 Å². The molecule has 0 amide bonds. The average Bonchev–Trinajstić information content (AvgIpc) is 2.13. The van der Waals surface area contributed by atoms with E-state index in [4.69, 9.17) is 0 Å². The maximum atomic E-state index is 4.13. The Balaban J connectivity index is 1.83. The fourth-order valence-electron chi connectivity index (χ4n) is 1.76. The van der Waals surface area contributed by atoms with Gasteiger partial charge in [-0.25, -0.2) is 0 Å². The number of aromatic nitrogens is 1. The second kappa shape index (κ2) is 4.07. The Morgan fingerprint density at radius 1 is 1.57 bits per heavy atom. The molecular weight excluding hydrogens is 174 g/mol. The van der Waals surface area contributed by atoms with Crippen LogP contribution in [0.2, 0.25) is 0 Å². The summed E-state index contributed by atoms with van der Waals surface area (Å²) in [4.78, 5) is 6.45. The summed E-state index contributed by atoms with van der Waals surface area (Å²) in [7, 11) is 2.15. The molecule has 0 radical (unpaired) electrons. The van der Waals surface area contributed by atoms with Crippen molar-refractivity contribution >= 4 is 0 Å². The molecule has 1 aromatic rings. The molecule has 1 aromatic heterocycles. The number of likely N-dealkylation sites (tertiary alicyclic amines) is 1. The van der Waals surface area contributed by atoms with Crippen LogP contribution in [0.3, 0.4) is 0 Å². The van der Waals surface area contributed by atoms with Crippen LogP contribution >= 0.6 is 0 Å². The molecule has 0 saturated carbocycles. The summed E-state index contributed by atoms with van der Waals surface area (Å²) >= 11 is 0. The third-order valence-electron chi connectivity index (χ3n) is 2.79. The minimum atomic E-state index is 0.666. The van der Waals surface area contributed by atoms with Gasteiger partial charge in [-0.3, -0.25) is 4.98 Å². The number of hydrogen-bond acceptors (Lipinski definition) is 3. The van der Waals surface area contributed by atoms with Gasteiger partial charge in [0.2, 0.25) is 0 Å². The summed E-state index contributed by atoms with van der Waals surface area (Å²) < 4.78 is 0. The van der Waals surface area contributed by atoms with E-state index in [9.17, 15) is 0 Å².